The number of Topliss-reactive ketones (excluding diaryl/α,β-unsaturated/α-hetero) is 1. The molecule has 1 atom stereocenters. The van der Waals surface area contributed by atoms with E-state index in [1.54, 1.807) is 0 Å². The first-order chi connectivity index (χ1) is 8.34. The summed E-state index contributed by atoms with van der Waals surface area (Å²) in [5.41, 5.74) is 2.73. The fourth-order valence-corrected chi connectivity index (χ4v) is 2.71. The molecule has 0 amide bonds. The number of ether oxygens (including phenoxy) is 1. The third kappa shape index (κ3) is 1.99. The highest BCUT2D eigenvalue weighted by molar-refractivity contribution is 5.95. The number of allylic oxidation sites excluding steroid dienone is 1. The van der Waals surface area contributed by atoms with Gasteiger partial charge in [0.25, 0.3) is 0 Å². The second-order valence-corrected chi connectivity index (χ2v) is 4.78. The molecule has 0 radical (unpaired) electrons. The van der Waals surface area contributed by atoms with Crippen LogP contribution in [-0.4, -0.2) is 12.4 Å². The van der Waals surface area contributed by atoms with Crippen LogP contribution in [-0.2, 0) is 22.4 Å². The molecule has 0 spiro atoms. The number of rotatable bonds is 2. The van der Waals surface area contributed by atoms with Crippen molar-refractivity contribution in [2.75, 3.05) is 6.61 Å². The molecule has 17 heavy (non-hydrogen) atoms. The van der Waals surface area contributed by atoms with E-state index in [4.69, 9.17) is 4.74 Å². The maximum absolute atomic E-state index is 12.2. The molecule has 88 valence electrons. The Bertz CT molecular complexity index is 474. The van der Waals surface area contributed by atoms with Gasteiger partial charge in [0.15, 0.2) is 11.5 Å². The number of hydrogen-bond acceptors (Lipinski definition) is 2. The highest BCUT2D eigenvalue weighted by atomic mass is 16.5. The average Bonchev–Trinajstić information content (AvgIpc) is 2.91. The molecule has 0 saturated heterocycles. The zero-order valence-electron chi connectivity index (χ0n) is 9.82. The summed E-state index contributed by atoms with van der Waals surface area (Å²) in [6, 6.07) is 8.43. The third-order valence-corrected chi connectivity index (χ3v) is 3.67. The molecule has 0 saturated carbocycles. The normalized spacial score (nSPS) is 22.6. The van der Waals surface area contributed by atoms with Crippen LogP contribution in [0, 0.1) is 5.92 Å². The number of benzene rings is 1. The molecule has 1 aromatic rings. The topological polar surface area (TPSA) is 26.3 Å². The van der Waals surface area contributed by atoms with Crippen molar-refractivity contribution in [3.05, 3.63) is 47.2 Å². The van der Waals surface area contributed by atoms with Gasteiger partial charge in [0.2, 0.25) is 0 Å². The lowest BCUT2D eigenvalue weighted by molar-refractivity contribution is -0.122. The molecular formula is C15H16O2. The van der Waals surface area contributed by atoms with Gasteiger partial charge >= 0.3 is 0 Å². The molecule has 3 rings (SSSR count). The largest absolute Gasteiger partial charge is 0.490 e. The van der Waals surface area contributed by atoms with E-state index in [1.807, 2.05) is 6.08 Å². The Kier molecular flexibility index (Phi) is 2.71. The lowest BCUT2D eigenvalue weighted by Crippen LogP contribution is -2.24. The Hall–Kier alpha value is -1.57. The summed E-state index contributed by atoms with van der Waals surface area (Å²) in [6.07, 6.45) is 5.65. The molecule has 1 aliphatic carbocycles. The van der Waals surface area contributed by atoms with E-state index >= 15 is 0 Å². The van der Waals surface area contributed by atoms with Crippen molar-refractivity contribution in [1.82, 2.24) is 0 Å². The first-order valence-electron chi connectivity index (χ1n) is 6.28. The van der Waals surface area contributed by atoms with Gasteiger partial charge in [-0.1, -0.05) is 24.3 Å². The zero-order chi connectivity index (χ0) is 11.7. The Labute approximate surface area is 101 Å². The number of hydrogen-bond donors (Lipinski definition) is 0. The van der Waals surface area contributed by atoms with Gasteiger partial charge in [-0.05, 0) is 36.5 Å². The van der Waals surface area contributed by atoms with Crippen LogP contribution in [0.5, 0.6) is 0 Å². The lowest BCUT2D eigenvalue weighted by Gasteiger charge is -2.23. The molecule has 0 N–H and O–H groups in total. The minimum atomic E-state index is 0.120. The molecule has 2 heteroatoms. The van der Waals surface area contributed by atoms with Crippen LogP contribution in [0.2, 0.25) is 0 Å². The lowest BCUT2D eigenvalue weighted by atomic mass is 9.81. The van der Waals surface area contributed by atoms with Crippen LogP contribution < -0.4 is 0 Å². The van der Waals surface area contributed by atoms with Crippen molar-refractivity contribution in [2.24, 2.45) is 5.92 Å². The smallest absolute Gasteiger partial charge is 0.200 e. The minimum Gasteiger partial charge on any atom is -0.490 e. The van der Waals surface area contributed by atoms with E-state index in [0.717, 1.165) is 25.7 Å². The zero-order valence-corrected chi connectivity index (χ0v) is 9.82. The fourth-order valence-electron chi connectivity index (χ4n) is 2.71. The molecule has 0 aromatic heterocycles. The van der Waals surface area contributed by atoms with Gasteiger partial charge in [0.05, 0.1) is 6.61 Å². The molecule has 2 nitrogen and oxygen atoms in total. The maximum Gasteiger partial charge on any atom is 0.200 e. The van der Waals surface area contributed by atoms with Crippen LogP contribution in [0.4, 0.5) is 0 Å². The summed E-state index contributed by atoms with van der Waals surface area (Å²) in [5.74, 6) is 0.931. The van der Waals surface area contributed by atoms with Crippen molar-refractivity contribution in [3.63, 3.8) is 0 Å². The van der Waals surface area contributed by atoms with Gasteiger partial charge in [0, 0.05) is 12.3 Å². The number of ketones is 1. The SMILES string of the molecule is O=C(C1=CCCO1)C1CCc2ccccc2C1. The average molecular weight is 228 g/mol. The summed E-state index contributed by atoms with van der Waals surface area (Å²) in [4.78, 5) is 12.2. The van der Waals surface area contributed by atoms with Crippen LogP contribution in [0.3, 0.4) is 0 Å². The molecule has 1 aromatic carbocycles. The predicted octanol–water partition coefficient (Wildman–Crippen LogP) is 2.66. The van der Waals surface area contributed by atoms with E-state index in [-0.39, 0.29) is 11.7 Å². The van der Waals surface area contributed by atoms with Crippen molar-refractivity contribution < 1.29 is 9.53 Å². The number of aryl methyl sites for hydroxylation is 1. The quantitative estimate of drug-likeness (QED) is 0.778. The molecule has 1 heterocycles. The highest BCUT2D eigenvalue weighted by Gasteiger charge is 2.28. The van der Waals surface area contributed by atoms with Crippen LogP contribution in [0.15, 0.2) is 36.1 Å². The highest BCUT2D eigenvalue weighted by Crippen LogP contribution is 2.28. The number of fused-ring (bicyclic) bond motifs is 1. The fraction of sp³-hybridized carbons (Fsp3) is 0.400. The Morgan fingerprint density at radius 2 is 2.06 bits per heavy atom. The first-order valence-corrected chi connectivity index (χ1v) is 6.28. The van der Waals surface area contributed by atoms with Gasteiger partial charge in [-0.2, -0.15) is 0 Å². The number of carbonyl (C=O) groups is 1. The third-order valence-electron chi connectivity index (χ3n) is 3.67. The Morgan fingerprint density at radius 3 is 2.82 bits per heavy atom. The summed E-state index contributed by atoms with van der Waals surface area (Å²) < 4.78 is 5.37. The summed E-state index contributed by atoms with van der Waals surface area (Å²) >= 11 is 0. The van der Waals surface area contributed by atoms with E-state index in [0.29, 0.717) is 12.4 Å². The van der Waals surface area contributed by atoms with Gasteiger partial charge < -0.3 is 4.74 Å². The van der Waals surface area contributed by atoms with Gasteiger partial charge in [-0.3, -0.25) is 4.79 Å². The monoisotopic (exact) mass is 228 g/mol. The van der Waals surface area contributed by atoms with E-state index in [9.17, 15) is 4.79 Å². The maximum atomic E-state index is 12.2. The molecule has 2 aliphatic rings. The Morgan fingerprint density at radius 1 is 1.24 bits per heavy atom. The molecule has 0 bridgehead atoms. The van der Waals surface area contributed by atoms with E-state index in [2.05, 4.69) is 24.3 Å². The molecule has 0 fully saturated rings. The number of carbonyl (C=O) groups excluding carboxylic acids is 1. The van der Waals surface area contributed by atoms with E-state index in [1.165, 1.54) is 11.1 Å². The predicted molar refractivity (Wildman–Crippen MR) is 65.6 cm³/mol. The van der Waals surface area contributed by atoms with Gasteiger partial charge in [-0.15, -0.1) is 0 Å². The van der Waals surface area contributed by atoms with Crippen LogP contribution >= 0.6 is 0 Å². The molecule has 1 aliphatic heterocycles. The van der Waals surface area contributed by atoms with Crippen molar-refractivity contribution in [3.8, 4) is 0 Å². The molecular weight excluding hydrogens is 212 g/mol. The molecule has 1 unspecified atom stereocenters. The van der Waals surface area contributed by atoms with Gasteiger partial charge in [-0.25, -0.2) is 0 Å². The van der Waals surface area contributed by atoms with Gasteiger partial charge in [0.1, 0.15) is 0 Å². The first kappa shape index (κ1) is 10.6. The van der Waals surface area contributed by atoms with Crippen molar-refractivity contribution in [1.29, 1.82) is 0 Å². The van der Waals surface area contributed by atoms with Crippen LogP contribution in [0.25, 0.3) is 0 Å². The summed E-state index contributed by atoms with van der Waals surface area (Å²) in [5, 5.41) is 0. The van der Waals surface area contributed by atoms with E-state index < -0.39 is 0 Å². The second kappa shape index (κ2) is 4.36. The standard InChI is InChI=1S/C15H16O2/c16-15(14-6-3-9-17-14)13-8-7-11-4-1-2-5-12(11)10-13/h1-2,4-6,13H,3,7-10H2. The summed E-state index contributed by atoms with van der Waals surface area (Å²) in [6.45, 7) is 0.671. The van der Waals surface area contributed by atoms with Crippen molar-refractivity contribution >= 4 is 5.78 Å². The summed E-state index contributed by atoms with van der Waals surface area (Å²) in [7, 11) is 0. The Balaban J connectivity index is 1.77. The van der Waals surface area contributed by atoms with Crippen LogP contribution in [0.1, 0.15) is 24.0 Å². The minimum absolute atomic E-state index is 0.120. The van der Waals surface area contributed by atoms with Crippen molar-refractivity contribution in [2.45, 2.75) is 25.7 Å². The second-order valence-electron chi connectivity index (χ2n) is 4.78.